The molecule has 0 amide bonds. The van der Waals surface area contributed by atoms with Crippen molar-refractivity contribution in [3.05, 3.63) is 47.8 Å². The normalized spacial score (nSPS) is 10.1. The van der Waals surface area contributed by atoms with Gasteiger partial charge in [-0.1, -0.05) is 12.1 Å². The molecule has 0 atom stereocenters. The predicted molar refractivity (Wildman–Crippen MR) is 65.5 cm³/mol. The Labute approximate surface area is 104 Å². The van der Waals surface area contributed by atoms with Crippen LogP contribution >= 0.6 is 0 Å². The summed E-state index contributed by atoms with van der Waals surface area (Å²) in [5.41, 5.74) is 6.36. The second kappa shape index (κ2) is 5.24. The van der Waals surface area contributed by atoms with E-state index in [0.717, 1.165) is 5.56 Å². The maximum atomic E-state index is 9.01. The first-order chi connectivity index (χ1) is 8.69. The van der Waals surface area contributed by atoms with E-state index in [2.05, 4.69) is 9.97 Å². The van der Waals surface area contributed by atoms with Crippen LogP contribution in [0.25, 0.3) is 0 Å². The van der Waals surface area contributed by atoms with Crippen molar-refractivity contribution in [1.82, 2.24) is 9.97 Å². The zero-order valence-corrected chi connectivity index (χ0v) is 9.50. The summed E-state index contributed by atoms with van der Waals surface area (Å²) in [6, 6.07) is 8.58. The van der Waals surface area contributed by atoms with Gasteiger partial charge < -0.3 is 15.6 Å². The maximum Gasteiger partial charge on any atom is 0.322 e. The van der Waals surface area contributed by atoms with E-state index < -0.39 is 0 Å². The van der Waals surface area contributed by atoms with Crippen molar-refractivity contribution in [2.45, 2.75) is 6.61 Å². The Hall–Kier alpha value is -2.47. The van der Waals surface area contributed by atoms with Crippen LogP contribution in [0.1, 0.15) is 11.3 Å². The van der Waals surface area contributed by atoms with E-state index in [1.165, 1.54) is 12.3 Å². The third-order valence-corrected chi connectivity index (χ3v) is 2.20. The predicted octanol–water partition coefficient (Wildman–Crippen LogP) is 1.05. The van der Waals surface area contributed by atoms with Crippen molar-refractivity contribution >= 4 is 5.84 Å². The van der Waals surface area contributed by atoms with Crippen molar-refractivity contribution in [3.8, 4) is 11.8 Å². The molecular weight excluding hydrogens is 232 g/mol. The molecule has 0 saturated heterocycles. The van der Waals surface area contributed by atoms with Gasteiger partial charge >= 0.3 is 6.01 Å². The number of nitrogens with zero attached hydrogens (tertiary/aromatic N) is 2. The van der Waals surface area contributed by atoms with Gasteiger partial charge in [0.05, 0.1) is 6.61 Å². The van der Waals surface area contributed by atoms with Crippen LogP contribution in [0.4, 0.5) is 0 Å². The van der Waals surface area contributed by atoms with Gasteiger partial charge in [0.25, 0.3) is 0 Å². The molecule has 1 aromatic heterocycles. The molecule has 0 radical (unpaired) electrons. The molecule has 0 aliphatic carbocycles. The summed E-state index contributed by atoms with van der Waals surface area (Å²) in [5, 5.41) is 16.3. The first-order valence-electron chi connectivity index (χ1n) is 5.24. The number of nitrogens with two attached hydrogens (primary N) is 1. The topological polar surface area (TPSA) is 105 Å². The fourth-order valence-electron chi connectivity index (χ4n) is 1.35. The summed E-state index contributed by atoms with van der Waals surface area (Å²) in [7, 11) is 0. The molecule has 0 aliphatic rings. The van der Waals surface area contributed by atoms with Crippen LogP contribution in [0.15, 0.2) is 36.5 Å². The minimum atomic E-state index is -0.147. The highest BCUT2D eigenvalue weighted by molar-refractivity contribution is 5.92. The van der Waals surface area contributed by atoms with Gasteiger partial charge in [0, 0.05) is 6.20 Å². The smallest absolute Gasteiger partial charge is 0.322 e. The molecule has 0 fully saturated rings. The molecule has 0 bridgehead atoms. The highest BCUT2D eigenvalue weighted by atomic mass is 16.5. The molecule has 1 aromatic carbocycles. The number of nitrogen functional groups attached to an aromatic ring is 1. The van der Waals surface area contributed by atoms with Crippen LogP contribution in [0.2, 0.25) is 0 Å². The molecular formula is C12H12N4O2. The number of rotatable bonds is 4. The number of aliphatic hydroxyl groups excluding tert-OH is 1. The Balaban J connectivity index is 2.22. The second-order valence-electron chi connectivity index (χ2n) is 3.55. The fourth-order valence-corrected chi connectivity index (χ4v) is 1.35. The molecule has 0 aliphatic heterocycles. The zero-order valence-electron chi connectivity index (χ0n) is 9.50. The largest absolute Gasteiger partial charge is 0.424 e. The summed E-state index contributed by atoms with van der Waals surface area (Å²) in [4.78, 5) is 7.90. The lowest BCUT2D eigenvalue weighted by Crippen LogP contribution is -2.13. The average molecular weight is 244 g/mol. The Morgan fingerprint density at radius 1 is 1.39 bits per heavy atom. The van der Waals surface area contributed by atoms with Crippen molar-refractivity contribution in [2.24, 2.45) is 5.73 Å². The van der Waals surface area contributed by atoms with Gasteiger partial charge in [-0.05, 0) is 23.8 Å². The van der Waals surface area contributed by atoms with Crippen molar-refractivity contribution in [3.63, 3.8) is 0 Å². The summed E-state index contributed by atoms with van der Waals surface area (Å²) in [6.45, 7) is -0.0639. The average Bonchev–Trinajstić information content (AvgIpc) is 2.39. The molecule has 0 spiro atoms. The Morgan fingerprint density at radius 3 is 2.94 bits per heavy atom. The van der Waals surface area contributed by atoms with Gasteiger partial charge in [0.15, 0.2) is 0 Å². The highest BCUT2D eigenvalue weighted by Gasteiger charge is 2.04. The Morgan fingerprint density at radius 2 is 2.22 bits per heavy atom. The molecule has 2 aromatic rings. The van der Waals surface area contributed by atoms with E-state index in [-0.39, 0.29) is 18.5 Å². The molecule has 6 heteroatoms. The van der Waals surface area contributed by atoms with Crippen LogP contribution in [0, 0.1) is 5.41 Å². The highest BCUT2D eigenvalue weighted by Crippen LogP contribution is 2.18. The minimum Gasteiger partial charge on any atom is -0.424 e. The first-order valence-corrected chi connectivity index (χ1v) is 5.24. The van der Waals surface area contributed by atoms with Gasteiger partial charge in [-0.15, -0.1) is 0 Å². The summed E-state index contributed by atoms with van der Waals surface area (Å²) >= 11 is 0. The molecule has 0 unspecified atom stereocenters. The van der Waals surface area contributed by atoms with Gasteiger partial charge in [0.1, 0.15) is 17.3 Å². The van der Waals surface area contributed by atoms with E-state index >= 15 is 0 Å². The molecule has 4 N–H and O–H groups in total. The standard InChI is InChI=1S/C12H12N4O2/c13-11(14)10-4-5-15-12(16-10)18-9-3-1-2-8(6-9)7-17/h1-6,17H,7H2,(H3,13,14). The van der Waals surface area contributed by atoms with E-state index in [1.807, 2.05) is 0 Å². The summed E-state index contributed by atoms with van der Waals surface area (Å²) < 4.78 is 5.43. The summed E-state index contributed by atoms with van der Waals surface area (Å²) in [6.07, 6.45) is 1.47. The first kappa shape index (κ1) is 12.0. The van der Waals surface area contributed by atoms with Gasteiger partial charge in [-0.3, -0.25) is 5.41 Å². The van der Waals surface area contributed by atoms with Crippen LogP contribution < -0.4 is 10.5 Å². The van der Waals surface area contributed by atoms with Crippen molar-refractivity contribution < 1.29 is 9.84 Å². The molecule has 92 valence electrons. The second-order valence-corrected chi connectivity index (χ2v) is 3.55. The third kappa shape index (κ3) is 2.80. The lowest BCUT2D eigenvalue weighted by molar-refractivity contribution is 0.281. The Kier molecular flexibility index (Phi) is 3.49. The van der Waals surface area contributed by atoms with Gasteiger partial charge in [-0.2, -0.15) is 4.98 Å². The minimum absolute atomic E-state index is 0.0639. The lowest BCUT2D eigenvalue weighted by Gasteiger charge is -2.05. The molecule has 1 heterocycles. The molecule has 0 saturated carbocycles. The van der Waals surface area contributed by atoms with E-state index in [4.69, 9.17) is 21.0 Å². The number of hydrogen-bond acceptors (Lipinski definition) is 5. The van der Waals surface area contributed by atoms with Crippen molar-refractivity contribution in [1.29, 1.82) is 5.41 Å². The van der Waals surface area contributed by atoms with Crippen LogP contribution in [-0.2, 0) is 6.61 Å². The van der Waals surface area contributed by atoms with Crippen LogP contribution in [-0.4, -0.2) is 20.9 Å². The number of hydrogen-bond donors (Lipinski definition) is 3. The number of nitrogens with one attached hydrogen (secondary N) is 1. The number of ether oxygens (including phenoxy) is 1. The van der Waals surface area contributed by atoms with Crippen LogP contribution in [0.3, 0.4) is 0 Å². The van der Waals surface area contributed by atoms with Gasteiger partial charge in [0.2, 0.25) is 0 Å². The van der Waals surface area contributed by atoms with E-state index in [9.17, 15) is 0 Å². The maximum absolute atomic E-state index is 9.01. The number of aromatic nitrogens is 2. The van der Waals surface area contributed by atoms with Gasteiger partial charge in [-0.25, -0.2) is 4.98 Å². The quantitative estimate of drug-likeness (QED) is 0.550. The molecule has 18 heavy (non-hydrogen) atoms. The number of benzene rings is 1. The third-order valence-electron chi connectivity index (χ3n) is 2.20. The zero-order chi connectivity index (χ0) is 13.0. The van der Waals surface area contributed by atoms with Crippen LogP contribution in [0.5, 0.6) is 11.8 Å². The lowest BCUT2D eigenvalue weighted by atomic mass is 10.2. The van der Waals surface area contributed by atoms with E-state index in [1.54, 1.807) is 24.3 Å². The summed E-state index contributed by atoms with van der Waals surface area (Å²) in [5.74, 6) is 0.369. The van der Waals surface area contributed by atoms with Crippen molar-refractivity contribution in [2.75, 3.05) is 0 Å². The fraction of sp³-hybridized carbons (Fsp3) is 0.0833. The number of amidine groups is 1. The molecule has 2 rings (SSSR count). The number of aliphatic hydroxyl groups is 1. The SMILES string of the molecule is N=C(N)c1ccnc(Oc2cccc(CO)c2)n1. The Bertz CT molecular complexity index is 572. The van der Waals surface area contributed by atoms with E-state index in [0.29, 0.717) is 11.4 Å². The monoisotopic (exact) mass is 244 g/mol. The molecule has 6 nitrogen and oxygen atoms in total.